The maximum Gasteiger partial charge on any atom is 0.194 e. The van der Waals surface area contributed by atoms with E-state index in [1.165, 1.54) is 11.3 Å². The average molecular weight is 297 g/mol. The van der Waals surface area contributed by atoms with E-state index in [-0.39, 0.29) is 11.3 Å². The highest BCUT2D eigenvalue weighted by Gasteiger charge is 2.13. The molecule has 2 rings (SSSR count). The van der Waals surface area contributed by atoms with Crippen molar-refractivity contribution in [1.82, 2.24) is 0 Å². The van der Waals surface area contributed by atoms with Crippen molar-refractivity contribution < 1.29 is 0 Å². The topological polar surface area (TPSA) is 17.1 Å². The van der Waals surface area contributed by atoms with Crippen LogP contribution in [0.4, 0.5) is 0 Å². The van der Waals surface area contributed by atoms with Gasteiger partial charge in [-0.1, -0.05) is 11.6 Å². The van der Waals surface area contributed by atoms with E-state index in [1.807, 2.05) is 6.26 Å². The second-order valence-corrected chi connectivity index (χ2v) is 7.09. The van der Waals surface area contributed by atoms with Gasteiger partial charge in [-0.2, -0.15) is 0 Å². The maximum absolute atomic E-state index is 12.0. The summed E-state index contributed by atoms with van der Waals surface area (Å²) in [6.07, 6.45) is 1.95. The molecule has 80 valence electrons. The van der Waals surface area contributed by atoms with Crippen molar-refractivity contribution in [2.75, 3.05) is 6.26 Å². The van der Waals surface area contributed by atoms with E-state index in [4.69, 9.17) is 23.2 Å². The summed E-state index contributed by atoms with van der Waals surface area (Å²) in [5.74, 6) is 0.259. The van der Waals surface area contributed by atoms with Gasteiger partial charge in [-0.3, -0.25) is 4.79 Å². The zero-order chi connectivity index (χ0) is 11.0. The molecule has 15 heavy (non-hydrogen) atoms. The molecule has 0 aliphatic carbocycles. The van der Waals surface area contributed by atoms with Crippen LogP contribution in [-0.2, 0) is 5.88 Å². The molecular weight excluding hydrogens is 291 g/mol. The first-order valence-corrected chi connectivity index (χ1v) is 7.79. The molecule has 2 heterocycles. The number of hydrogen-bond acceptors (Lipinski definition) is 4. The van der Waals surface area contributed by atoms with Crippen LogP contribution in [0.15, 0.2) is 15.1 Å². The zero-order valence-electron chi connectivity index (χ0n) is 7.67. The molecule has 0 spiro atoms. The third-order valence-corrected chi connectivity index (χ3v) is 5.97. The minimum absolute atomic E-state index is 0.0197. The zero-order valence-corrected chi connectivity index (χ0v) is 11.6. The highest BCUT2D eigenvalue weighted by Crippen LogP contribution is 2.36. The molecule has 0 bridgehead atoms. The first kappa shape index (κ1) is 11.7. The van der Waals surface area contributed by atoms with Crippen LogP contribution in [0.1, 0.15) is 5.56 Å². The molecule has 0 atom stereocenters. The molecule has 2 aromatic heterocycles. The van der Waals surface area contributed by atoms with Gasteiger partial charge in [0, 0.05) is 5.56 Å². The third-order valence-electron chi connectivity index (χ3n) is 1.94. The molecule has 2 aromatic rings. The van der Waals surface area contributed by atoms with E-state index >= 15 is 0 Å². The van der Waals surface area contributed by atoms with Crippen LogP contribution in [0.5, 0.6) is 0 Å². The van der Waals surface area contributed by atoms with Crippen LogP contribution in [-0.4, -0.2) is 6.26 Å². The van der Waals surface area contributed by atoms with Gasteiger partial charge >= 0.3 is 0 Å². The van der Waals surface area contributed by atoms with Gasteiger partial charge in [0.25, 0.3) is 0 Å². The molecule has 6 heteroatoms. The summed E-state index contributed by atoms with van der Waals surface area (Å²) in [7, 11) is 0. The quantitative estimate of drug-likeness (QED) is 0.602. The Kier molecular flexibility index (Phi) is 3.63. The summed E-state index contributed by atoms with van der Waals surface area (Å²) in [5, 5.41) is 0.698. The number of thiophene rings is 1. The fourth-order valence-corrected chi connectivity index (χ4v) is 5.32. The summed E-state index contributed by atoms with van der Waals surface area (Å²) < 4.78 is 2.61. The molecule has 0 aliphatic heterocycles. The number of hydrogen-bond donors (Lipinski definition) is 0. The van der Waals surface area contributed by atoms with E-state index in [0.29, 0.717) is 15.3 Å². The van der Waals surface area contributed by atoms with E-state index < -0.39 is 0 Å². The van der Waals surface area contributed by atoms with Gasteiger partial charge < -0.3 is 0 Å². The molecule has 0 aliphatic rings. The summed E-state index contributed by atoms with van der Waals surface area (Å²) in [6, 6.07) is 1.72. The Hall–Kier alpha value is 0.260. The van der Waals surface area contributed by atoms with Crippen LogP contribution in [0.3, 0.4) is 0 Å². The molecule has 0 unspecified atom stereocenters. The minimum atomic E-state index is 0.0197. The first-order chi connectivity index (χ1) is 7.17. The van der Waals surface area contributed by atoms with E-state index in [2.05, 4.69) is 0 Å². The summed E-state index contributed by atoms with van der Waals surface area (Å²) in [6.45, 7) is 0. The van der Waals surface area contributed by atoms with Gasteiger partial charge in [-0.25, -0.2) is 0 Å². The maximum atomic E-state index is 12.0. The van der Waals surface area contributed by atoms with Gasteiger partial charge in [0.05, 0.1) is 23.8 Å². The minimum Gasteiger partial charge on any atom is -0.289 e. The van der Waals surface area contributed by atoms with Gasteiger partial charge in [-0.15, -0.1) is 46.0 Å². The highest BCUT2D eigenvalue weighted by atomic mass is 35.5. The van der Waals surface area contributed by atoms with Crippen LogP contribution >= 0.6 is 57.6 Å². The monoisotopic (exact) mass is 296 g/mol. The molecule has 1 nitrogen and oxygen atoms in total. The Morgan fingerprint density at radius 3 is 2.80 bits per heavy atom. The van der Waals surface area contributed by atoms with Crippen molar-refractivity contribution in [3.63, 3.8) is 0 Å². The number of fused-ring (bicyclic) bond motifs is 1. The van der Waals surface area contributed by atoms with Crippen LogP contribution < -0.4 is 5.43 Å². The SMILES string of the molecule is CSc1sc2sc(Cl)cc2c(=O)c1CCl. The van der Waals surface area contributed by atoms with Crippen molar-refractivity contribution in [3.05, 3.63) is 26.2 Å². The molecule has 0 saturated heterocycles. The first-order valence-electron chi connectivity index (χ1n) is 4.02. The number of halogens is 2. The molecular formula is C9H6Cl2OS3. The predicted octanol–water partition coefficient (Wildman–Crippen LogP) is 4.44. The van der Waals surface area contributed by atoms with Crippen molar-refractivity contribution in [1.29, 1.82) is 0 Å². The van der Waals surface area contributed by atoms with Gasteiger partial charge in [-0.05, 0) is 12.3 Å². The second-order valence-electron chi connectivity index (χ2n) is 2.79. The summed E-state index contributed by atoms with van der Waals surface area (Å²) in [4.78, 5) is 12.0. The Bertz CT molecular complexity index is 558. The molecule has 0 fully saturated rings. The fourth-order valence-electron chi connectivity index (χ4n) is 1.26. The lowest BCUT2D eigenvalue weighted by Gasteiger charge is -2.01. The fraction of sp³-hybridized carbons (Fsp3) is 0.222. The molecule has 0 saturated carbocycles. The van der Waals surface area contributed by atoms with Gasteiger partial charge in [0.15, 0.2) is 5.43 Å². The van der Waals surface area contributed by atoms with Crippen LogP contribution in [0, 0.1) is 0 Å². The highest BCUT2D eigenvalue weighted by molar-refractivity contribution is 8.00. The van der Waals surface area contributed by atoms with Crippen molar-refractivity contribution in [2.24, 2.45) is 0 Å². The summed E-state index contributed by atoms with van der Waals surface area (Å²) >= 11 is 16.3. The Balaban J connectivity index is 2.87. The largest absolute Gasteiger partial charge is 0.289 e. The smallest absolute Gasteiger partial charge is 0.194 e. The lowest BCUT2D eigenvalue weighted by Crippen LogP contribution is -2.06. The lowest BCUT2D eigenvalue weighted by molar-refractivity contribution is 1.31. The lowest BCUT2D eigenvalue weighted by atomic mass is 10.3. The Morgan fingerprint density at radius 1 is 1.47 bits per heavy atom. The van der Waals surface area contributed by atoms with Crippen molar-refractivity contribution >= 4 is 67.0 Å². The predicted molar refractivity (Wildman–Crippen MR) is 72.3 cm³/mol. The van der Waals surface area contributed by atoms with Crippen molar-refractivity contribution in [3.8, 4) is 0 Å². The second kappa shape index (κ2) is 4.63. The molecule has 0 radical (unpaired) electrons. The molecule has 0 aromatic carbocycles. The van der Waals surface area contributed by atoms with E-state index in [1.54, 1.807) is 29.2 Å². The number of alkyl halides is 1. The normalized spacial score (nSPS) is 11.1. The van der Waals surface area contributed by atoms with Crippen molar-refractivity contribution in [2.45, 2.75) is 10.1 Å². The van der Waals surface area contributed by atoms with Gasteiger partial charge in [0.1, 0.15) is 0 Å². The van der Waals surface area contributed by atoms with E-state index in [9.17, 15) is 4.79 Å². The summed E-state index contributed by atoms with van der Waals surface area (Å²) in [5.41, 5.74) is 0.711. The Labute approximate surface area is 109 Å². The van der Waals surface area contributed by atoms with Crippen LogP contribution in [0.2, 0.25) is 4.34 Å². The molecule has 0 N–H and O–H groups in total. The van der Waals surface area contributed by atoms with E-state index in [0.717, 1.165) is 8.22 Å². The van der Waals surface area contributed by atoms with Gasteiger partial charge in [0.2, 0.25) is 0 Å². The third kappa shape index (κ3) is 2.06. The molecule has 0 amide bonds. The standard InChI is InChI=1S/C9H6Cl2OS3/c1-13-8-5(3-10)7(12)4-2-6(11)14-9(4)15-8/h2H,3H2,1H3. The number of thioether (sulfide) groups is 1. The average Bonchev–Trinajstić information content (AvgIpc) is 2.59. The number of rotatable bonds is 2. The van der Waals surface area contributed by atoms with Crippen LogP contribution in [0.25, 0.3) is 9.40 Å². The Morgan fingerprint density at radius 2 is 2.20 bits per heavy atom.